The Labute approximate surface area is 253 Å². The number of nitrogens with zero attached hydrogens (tertiary/aromatic N) is 2. The summed E-state index contributed by atoms with van der Waals surface area (Å²) in [7, 11) is -9.13. The van der Waals surface area contributed by atoms with Crippen LogP contribution in [0.2, 0.25) is 0 Å². The first-order chi connectivity index (χ1) is 15.3. The Bertz CT molecular complexity index is 1560. The van der Waals surface area contributed by atoms with Crippen molar-refractivity contribution in [3.8, 4) is 0 Å². The largest absolute Gasteiger partial charge is 0.397 e. The fraction of sp³-hybridized carbons (Fsp3) is 0. The summed E-state index contributed by atoms with van der Waals surface area (Å²) in [5, 5.41) is 11.1. The van der Waals surface area contributed by atoms with Crippen molar-refractivity contribution in [2.45, 2.75) is 9.79 Å². The second-order valence-electron chi connectivity index (χ2n) is 6.58. The van der Waals surface area contributed by atoms with E-state index in [4.69, 9.17) is 5.73 Å². The molecular formula is C19H15BrN4Na2O7S2. The third-order valence-corrected chi connectivity index (χ3v) is 6.40. The molecule has 0 aliphatic carbocycles. The zero-order chi connectivity index (χ0) is 24.6. The van der Waals surface area contributed by atoms with Crippen LogP contribution in [0.1, 0.15) is 0 Å². The normalized spacial score (nSPS) is 11.5. The summed E-state index contributed by atoms with van der Waals surface area (Å²) in [5.74, 6) is -0.592. The number of fused-ring (bicyclic) bond motifs is 1. The molecule has 5 N–H and O–H groups in total. The van der Waals surface area contributed by atoms with Crippen molar-refractivity contribution in [1.29, 1.82) is 0 Å². The van der Waals surface area contributed by atoms with Gasteiger partial charge in [0.25, 0.3) is 26.1 Å². The average Bonchev–Trinajstić information content (AvgIpc) is 2.71. The van der Waals surface area contributed by atoms with Crippen molar-refractivity contribution in [1.82, 2.24) is 0 Å². The molecule has 0 bridgehead atoms. The first kappa shape index (κ1) is 31.9. The molecule has 3 aromatic rings. The molecule has 0 aliphatic rings. The Kier molecular flexibility index (Phi) is 11.3. The van der Waals surface area contributed by atoms with Gasteiger partial charge in [-0.1, -0.05) is 18.7 Å². The molecule has 0 saturated carbocycles. The van der Waals surface area contributed by atoms with Crippen LogP contribution in [0.5, 0.6) is 0 Å². The van der Waals surface area contributed by atoms with Gasteiger partial charge in [-0.2, -0.15) is 16.8 Å². The summed E-state index contributed by atoms with van der Waals surface area (Å²) in [6.45, 7) is 3.43. The molecule has 1 amide bonds. The number of nitrogen functional groups attached to an aromatic ring is 1. The summed E-state index contributed by atoms with van der Waals surface area (Å²) < 4.78 is 65.1. The van der Waals surface area contributed by atoms with Crippen LogP contribution in [0.4, 0.5) is 22.7 Å². The Balaban J connectivity index is 0.00000306. The van der Waals surface area contributed by atoms with Gasteiger partial charge in [0, 0.05) is 70.2 Å². The van der Waals surface area contributed by atoms with Crippen LogP contribution < -0.4 is 11.1 Å². The smallest absolute Gasteiger partial charge is 0.296 e. The fourth-order valence-corrected chi connectivity index (χ4v) is 3.99. The molecule has 0 fully saturated rings. The number of carbonyl (C=O) groups excluding carboxylic acids is 1. The topological polar surface area (TPSA) is 189 Å². The predicted molar refractivity (Wildman–Crippen MR) is 137 cm³/mol. The third kappa shape index (κ3) is 7.90. The maximum atomic E-state index is 11.8. The molecule has 0 spiro atoms. The van der Waals surface area contributed by atoms with E-state index in [1.165, 1.54) is 30.3 Å². The molecule has 0 unspecified atom stereocenters. The van der Waals surface area contributed by atoms with E-state index in [0.29, 0.717) is 10.8 Å². The second-order valence-corrected chi connectivity index (χ2v) is 10.3. The minimum absolute atomic E-state index is 0. The molecule has 0 aromatic heterocycles. The number of hydrogen-bond acceptors (Lipinski definition) is 8. The molecular weight excluding hydrogens is 586 g/mol. The van der Waals surface area contributed by atoms with Crippen LogP contribution in [0.15, 0.2) is 79.6 Å². The summed E-state index contributed by atoms with van der Waals surface area (Å²) in [4.78, 5) is 10.9. The molecule has 3 aromatic carbocycles. The zero-order valence-corrected chi connectivity index (χ0v) is 25.6. The van der Waals surface area contributed by atoms with E-state index in [-0.39, 0.29) is 91.2 Å². The van der Waals surface area contributed by atoms with Crippen LogP contribution in [0.25, 0.3) is 10.8 Å². The minimum Gasteiger partial charge on any atom is -0.397 e. The van der Waals surface area contributed by atoms with Crippen molar-refractivity contribution in [3.05, 3.63) is 59.6 Å². The number of nitrogens with two attached hydrogens (primary N) is 1. The van der Waals surface area contributed by atoms with Crippen LogP contribution in [0, 0.1) is 0 Å². The number of halogens is 1. The van der Waals surface area contributed by atoms with Gasteiger partial charge >= 0.3 is 0 Å². The maximum Gasteiger partial charge on any atom is 0.296 e. The predicted octanol–water partition coefficient (Wildman–Crippen LogP) is 3.42. The monoisotopic (exact) mass is 600 g/mol. The number of rotatable bonds is 6. The van der Waals surface area contributed by atoms with Crippen molar-refractivity contribution in [2.75, 3.05) is 11.1 Å². The first-order valence-electron chi connectivity index (χ1n) is 8.76. The number of azo groups is 1. The molecule has 11 nitrogen and oxygen atoms in total. The fourth-order valence-electron chi connectivity index (χ4n) is 2.77. The van der Waals surface area contributed by atoms with E-state index in [9.17, 15) is 30.7 Å². The van der Waals surface area contributed by atoms with Gasteiger partial charge in [0.05, 0.1) is 15.1 Å². The summed E-state index contributed by atoms with van der Waals surface area (Å²) in [6, 6.07) is 10.1. The quantitative estimate of drug-likeness (QED) is 0.109. The van der Waals surface area contributed by atoms with E-state index < -0.39 is 31.0 Å². The van der Waals surface area contributed by atoms with E-state index in [1.54, 1.807) is 0 Å². The number of carbonyl (C=O) groups is 1. The Morgan fingerprint density at radius 2 is 1.60 bits per heavy atom. The molecule has 0 saturated heterocycles. The first-order valence-corrected chi connectivity index (χ1v) is 12.4. The molecule has 0 heterocycles. The summed E-state index contributed by atoms with van der Waals surface area (Å²) in [6.07, 6.45) is 0. The van der Waals surface area contributed by atoms with E-state index >= 15 is 0 Å². The van der Waals surface area contributed by atoms with Gasteiger partial charge in [0.1, 0.15) is 16.3 Å². The Morgan fingerprint density at radius 3 is 2.17 bits per heavy atom. The van der Waals surface area contributed by atoms with Gasteiger partial charge in [0.15, 0.2) is 0 Å². The maximum absolute atomic E-state index is 11.8. The molecule has 0 atom stereocenters. The van der Waals surface area contributed by atoms with Crippen molar-refractivity contribution in [2.24, 2.45) is 10.2 Å². The molecule has 174 valence electrons. The second kappa shape index (κ2) is 12.4. The van der Waals surface area contributed by atoms with Gasteiger partial charge in [0.2, 0.25) is 0 Å². The Hall–Kier alpha value is -1.17. The molecule has 2 radical (unpaired) electrons. The van der Waals surface area contributed by atoms with Crippen molar-refractivity contribution in [3.63, 3.8) is 0 Å². The van der Waals surface area contributed by atoms with E-state index in [0.717, 1.165) is 18.2 Å². The number of hydrogen-bond donors (Lipinski definition) is 4. The number of benzene rings is 3. The van der Waals surface area contributed by atoms with Crippen LogP contribution >= 0.6 is 15.9 Å². The van der Waals surface area contributed by atoms with Crippen LogP contribution in [-0.4, -0.2) is 91.0 Å². The number of nitrogens with one attached hydrogen (secondary N) is 1. The van der Waals surface area contributed by atoms with Gasteiger partial charge in [-0.25, -0.2) is 0 Å². The van der Waals surface area contributed by atoms with E-state index in [1.807, 2.05) is 0 Å². The van der Waals surface area contributed by atoms with Crippen molar-refractivity contribution < 1.29 is 30.7 Å². The van der Waals surface area contributed by atoms with Gasteiger partial charge in [-0.3, -0.25) is 13.9 Å². The number of anilines is 2. The van der Waals surface area contributed by atoms with Gasteiger partial charge in [-0.05, 0) is 57.7 Å². The van der Waals surface area contributed by atoms with Gasteiger partial charge < -0.3 is 11.1 Å². The number of amides is 1. The minimum atomic E-state index is -4.69. The molecule has 0 aliphatic heterocycles. The van der Waals surface area contributed by atoms with Crippen molar-refractivity contribution >= 4 is 135 Å². The third-order valence-electron chi connectivity index (χ3n) is 4.29. The summed E-state index contributed by atoms with van der Waals surface area (Å²) in [5.41, 5.74) is 6.03. The SMILES string of the molecule is C=C(Br)C(=O)Nc1ccc(S(=O)(=O)O)c(N=Nc2c(N)ccc3cc(S(=O)(=O)O)ccc23)c1.[Na].[Na]. The Morgan fingerprint density at radius 1 is 0.943 bits per heavy atom. The molecule has 35 heavy (non-hydrogen) atoms. The standard InChI is InChI=1S/C19H15BrN4O7S2.2Na/c1-10(20)19(25)22-12-3-7-17(33(29,30)31)16(9-12)23-24-18-14-5-4-13(32(26,27)28)8-11(14)2-6-15(18)21;;/h2-9H,1,21H2,(H,22,25)(H,26,27,28)(H,29,30,31);;. The van der Waals surface area contributed by atoms with Crippen LogP contribution in [-0.2, 0) is 25.0 Å². The summed E-state index contributed by atoms with van der Waals surface area (Å²) >= 11 is 2.92. The van der Waals surface area contributed by atoms with Crippen LogP contribution in [0.3, 0.4) is 0 Å². The molecule has 16 heteroatoms. The average molecular weight is 601 g/mol. The molecule has 3 rings (SSSR count). The van der Waals surface area contributed by atoms with Gasteiger partial charge in [-0.15, -0.1) is 10.2 Å². The van der Waals surface area contributed by atoms with E-state index in [2.05, 4.69) is 38.1 Å². The zero-order valence-electron chi connectivity index (χ0n) is 18.4.